The maximum absolute atomic E-state index is 8.74. The van der Waals surface area contributed by atoms with E-state index in [1.807, 2.05) is 0 Å². The average Bonchev–Trinajstić information content (AvgIpc) is 0.811. The van der Waals surface area contributed by atoms with Gasteiger partial charge >= 0.3 is 8.25 Å². The Hall–Kier alpha value is 1.07. The molecule has 0 bridgehead atoms. The third kappa shape index (κ3) is 73.1. The van der Waals surface area contributed by atoms with E-state index in [1.165, 1.54) is 0 Å². The van der Waals surface area contributed by atoms with Crippen LogP contribution < -0.4 is 0 Å². The fourth-order valence-electron chi connectivity index (χ4n) is 0. The van der Waals surface area contributed by atoms with Crippen LogP contribution in [0, 0.1) is 0 Å². The molecule has 0 aromatic heterocycles. The van der Waals surface area contributed by atoms with E-state index < -0.39 is 8.25 Å². The zero-order valence-corrected chi connectivity index (χ0v) is 6.23. The summed E-state index contributed by atoms with van der Waals surface area (Å²) in [4.78, 5) is 14.3. The topological polar surface area (TPSA) is 57.5 Å². The molecule has 1 atom stereocenters. The van der Waals surface area contributed by atoms with Crippen molar-refractivity contribution in [2.75, 3.05) is 0 Å². The van der Waals surface area contributed by atoms with Crippen LogP contribution in [0.1, 0.15) is 0 Å². The Balaban J connectivity index is -0.0000000450. The van der Waals surface area contributed by atoms with Crippen LogP contribution in [0.3, 0.4) is 0 Å². The van der Waals surface area contributed by atoms with Gasteiger partial charge in [0, 0.05) is 16.5 Å². The van der Waals surface area contributed by atoms with Gasteiger partial charge in [-0.25, -0.2) is 0 Å². The van der Waals surface area contributed by atoms with Gasteiger partial charge in [-0.15, -0.1) is 0 Å². The summed E-state index contributed by atoms with van der Waals surface area (Å²) >= 11 is 0. The van der Waals surface area contributed by atoms with Gasteiger partial charge in [0.05, 0.1) is 0 Å². The molecule has 0 aliphatic rings. The van der Waals surface area contributed by atoms with Crippen molar-refractivity contribution in [1.82, 2.24) is 0 Å². The molecule has 1 unspecified atom stereocenters. The number of rotatable bonds is 0. The van der Waals surface area contributed by atoms with Gasteiger partial charge in [-0.05, 0) is 0 Å². The van der Waals surface area contributed by atoms with Gasteiger partial charge in [-0.2, -0.15) is 9.90 Å². The quantitative estimate of drug-likeness (QED) is 0.382. The van der Waals surface area contributed by atoms with Gasteiger partial charge < -0.3 is 9.79 Å². The minimum atomic E-state index is -3.13. The molecule has 0 aromatic carbocycles. The molecule has 0 fully saturated rings. The Morgan fingerprint density at radius 3 is 1.33 bits per heavy atom. The molecule has 0 aromatic rings. The van der Waals surface area contributed by atoms with E-state index in [0.717, 1.165) is 0 Å². The molecular formula is H6NiO3P2. The van der Waals surface area contributed by atoms with Crippen LogP contribution in [0.15, 0.2) is 0 Å². The van der Waals surface area contributed by atoms with E-state index in [1.54, 1.807) is 0 Å². The first-order chi connectivity index (χ1) is 1.73. The molecule has 0 amide bonds. The van der Waals surface area contributed by atoms with Crippen LogP contribution in [-0.4, -0.2) is 9.79 Å². The Bertz CT molecular complexity index is 31.8. The SMILES string of the molecule is O=[PH](O)O.P.[Ni]. The van der Waals surface area contributed by atoms with Crippen molar-refractivity contribution in [3.05, 3.63) is 0 Å². The Labute approximate surface area is 49.6 Å². The van der Waals surface area contributed by atoms with E-state index in [0.29, 0.717) is 0 Å². The molecule has 0 saturated heterocycles. The Kier molecular flexibility index (Phi) is 24.7. The summed E-state index contributed by atoms with van der Waals surface area (Å²) in [5, 5.41) is 0. The normalized spacial score (nSPS) is 5.83. The van der Waals surface area contributed by atoms with E-state index in [2.05, 4.69) is 0 Å². The number of hydrogen-bond acceptors (Lipinski definition) is 1. The summed E-state index contributed by atoms with van der Waals surface area (Å²) in [7, 11) is -3.13. The van der Waals surface area contributed by atoms with Gasteiger partial charge in [-0.1, -0.05) is 0 Å². The summed E-state index contributed by atoms with van der Waals surface area (Å²) in [5.74, 6) is 0. The second-order valence-electron chi connectivity index (χ2n) is 0.283. The molecule has 0 aliphatic heterocycles. The molecule has 3 nitrogen and oxygen atoms in total. The molecule has 0 heterocycles. The molecule has 0 aliphatic carbocycles. The van der Waals surface area contributed by atoms with Gasteiger partial charge in [0.25, 0.3) is 0 Å². The molecule has 0 saturated carbocycles. The smallest absolute Gasteiger partial charge is 0.314 e. The largest absolute Gasteiger partial charge is 0.326 e. The van der Waals surface area contributed by atoms with E-state index in [-0.39, 0.29) is 26.4 Å². The standard InChI is InChI=1S/Ni.H3O3P.H3P/c;1-4(2)3;/h;4H,(H2,1,2,3);1H3. The zero-order valence-electron chi connectivity index (χ0n) is 2.83. The Morgan fingerprint density at radius 1 is 1.33 bits per heavy atom. The molecule has 6 heteroatoms. The minimum Gasteiger partial charge on any atom is -0.326 e. The van der Waals surface area contributed by atoms with E-state index in [9.17, 15) is 0 Å². The van der Waals surface area contributed by atoms with Crippen LogP contribution >= 0.6 is 18.2 Å². The second-order valence-corrected chi connectivity index (χ2v) is 0.848. The predicted octanol–water partition coefficient (Wildman–Crippen LogP) is -0.584. The first-order valence-corrected chi connectivity index (χ1v) is 1.95. The fraction of sp³-hybridized carbons (Fsp3) is 0. The van der Waals surface area contributed by atoms with Crippen molar-refractivity contribution in [3.63, 3.8) is 0 Å². The number of hydrogen-bond donors (Lipinski definition) is 2. The summed E-state index contributed by atoms with van der Waals surface area (Å²) in [5.41, 5.74) is 0. The average molecular weight is 175 g/mol. The van der Waals surface area contributed by atoms with Crippen molar-refractivity contribution >= 4 is 18.2 Å². The van der Waals surface area contributed by atoms with Gasteiger partial charge in [0.2, 0.25) is 0 Å². The van der Waals surface area contributed by atoms with Crippen molar-refractivity contribution in [2.24, 2.45) is 0 Å². The van der Waals surface area contributed by atoms with Crippen LogP contribution in [0.25, 0.3) is 0 Å². The van der Waals surface area contributed by atoms with E-state index in [4.69, 9.17) is 14.4 Å². The molecule has 0 spiro atoms. The molecule has 44 valence electrons. The van der Waals surface area contributed by atoms with Crippen molar-refractivity contribution < 1.29 is 30.8 Å². The molecule has 0 radical (unpaired) electrons. The monoisotopic (exact) mass is 174 g/mol. The van der Waals surface area contributed by atoms with Crippen molar-refractivity contribution in [3.8, 4) is 0 Å². The van der Waals surface area contributed by atoms with Crippen molar-refractivity contribution in [1.29, 1.82) is 0 Å². The molecule has 0 rings (SSSR count). The van der Waals surface area contributed by atoms with Crippen LogP contribution in [0.2, 0.25) is 0 Å². The summed E-state index contributed by atoms with van der Waals surface area (Å²) in [6.45, 7) is 0. The minimum absolute atomic E-state index is 0. The summed E-state index contributed by atoms with van der Waals surface area (Å²) < 4.78 is 8.74. The molecule has 2 N–H and O–H groups in total. The fourth-order valence-corrected chi connectivity index (χ4v) is 0. The molecule has 6 heavy (non-hydrogen) atoms. The summed E-state index contributed by atoms with van der Waals surface area (Å²) in [6, 6.07) is 0. The van der Waals surface area contributed by atoms with Crippen LogP contribution in [-0.2, 0) is 21.1 Å². The first kappa shape index (κ1) is 15.7. The van der Waals surface area contributed by atoms with Gasteiger partial charge in [-0.3, -0.25) is 4.57 Å². The summed E-state index contributed by atoms with van der Waals surface area (Å²) in [6.07, 6.45) is 0. The van der Waals surface area contributed by atoms with Crippen molar-refractivity contribution in [2.45, 2.75) is 0 Å². The zero-order chi connectivity index (χ0) is 3.58. The Morgan fingerprint density at radius 2 is 1.33 bits per heavy atom. The first-order valence-electron chi connectivity index (χ1n) is 0.651. The van der Waals surface area contributed by atoms with Crippen LogP contribution in [0.4, 0.5) is 0 Å². The molecular weight excluding hydrogens is 169 g/mol. The second kappa shape index (κ2) is 9.42. The maximum atomic E-state index is 8.74. The predicted molar refractivity (Wildman–Crippen MR) is 24.5 cm³/mol. The van der Waals surface area contributed by atoms with Crippen LogP contribution in [0.5, 0.6) is 0 Å². The van der Waals surface area contributed by atoms with E-state index >= 15 is 0 Å². The third-order valence-electron chi connectivity index (χ3n) is 0. The third-order valence-corrected chi connectivity index (χ3v) is 0. The maximum Gasteiger partial charge on any atom is 0.314 e. The van der Waals surface area contributed by atoms with Gasteiger partial charge in [0.15, 0.2) is 0 Å². The van der Waals surface area contributed by atoms with Gasteiger partial charge in [0.1, 0.15) is 0 Å².